The lowest BCUT2D eigenvalue weighted by Gasteiger charge is -2.31. The van der Waals surface area contributed by atoms with Crippen molar-refractivity contribution in [3.05, 3.63) is 59.5 Å². The normalized spacial score (nSPS) is 29.2. The van der Waals surface area contributed by atoms with Crippen molar-refractivity contribution in [2.45, 2.75) is 10.5 Å². The molecule has 0 nitrogen and oxygen atoms in total. The summed E-state index contributed by atoms with van der Waals surface area (Å²) < 4.78 is 51.8. The number of hydrogen-bond acceptors (Lipinski definition) is 0. The minimum atomic E-state index is -2.30. The molecule has 0 N–H and O–H groups in total. The molecule has 0 amide bonds. The Hall–Kier alpha value is -1.10. The van der Waals surface area contributed by atoms with E-state index in [0.717, 1.165) is 0 Å². The Labute approximate surface area is 104 Å². The molecule has 0 spiro atoms. The highest BCUT2D eigenvalue weighted by Crippen LogP contribution is 2.50. The third-order valence-electron chi connectivity index (χ3n) is 2.58. The minimum absolute atomic E-state index is 0.114. The highest BCUT2D eigenvalue weighted by atomic mass is 79.9. The number of halogens is 5. The van der Waals surface area contributed by atoms with E-state index in [-0.39, 0.29) is 11.6 Å². The van der Waals surface area contributed by atoms with Gasteiger partial charge in [0, 0.05) is 6.08 Å². The first-order valence-electron chi connectivity index (χ1n) is 4.79. The standard InChI is InChI=1S/C12H7BrF4/c13-12(7-4-2-1-3-5-7)10(16)8(14)6-9(15)11(12)17/h1-6,10H. The zero-order valence-electron chi connectivity index (χ0n) is 8.43. The Bertz CT molecular complexity index is 494. The largest absolute Gasteiger partial charge is 0.237 e. The van der Waals surface area contributed by atoms with E-state index >= 15 is 0 Å². The van der Waals surface area contributed by atoms with E-state index in [1.54, 1.807) is 6.07 Å². The van der Waals surface area contributed by atoms with Gasteiger partial charge in [-0.05, 0) is 5.56 Å². The van der Waals surface area contributed by atoms with E-state index in [1.165, 1.54) is 24.3 Å². The summed E-state index contributed by atoms with van der Waals surface area (Å²) in [7, 11) is 0. The molecular weight excluding hydrogens is 300 g/mol. The Balaban J connectivity index is 2.61. The Morgan fingerprint density at radius 2 is 1.65 bits per heavy atom. The molecule has 1 aromatic rings. The number of hydrogen-bond donors (Lipinski definition) is 0. The Morgan fingerprint density at radius 1 is 1.06 bits per heavy atom. The summed E-state index contributed by atoms with van der Waals surface area (Å²) in [4.78, 5) is 0. The van der Waals surface area contributed by atoms with Crippen molar-refractivity contribution in [2.75, 3.05) is 0 Å². The van der Waals surface area contributed by atoms with Crippen LogP contribution in [0.2, 0.25) is 0 Å². The third kappa shape index (κ3) is 1.82. The lowest BCUT2D eigenvalue weighted by atomic mass is 9.88. The topological polar surface area (TPSA) is 0 Å². The van der Waals surface area contributed by atoms with Crippen LogP contribution < -0.4 is 0 Å². The van der Waals surface area contributed by atoms with Gasteiger partial charge in [0.15, 0.2) is 17.8 Å². The summed E-state index contributed by atoms with van der Waals surface area (Å²) in [6, 6.07) is 7.50. The fourth-order valence-corrected chi connectivity index (χ4v) is 2.36. The smallest absolute Gasteiger partial charge is 0.177 e. The number of allylic oxidation sites excluding steroid dienone is 4. The lowest BCUT2D eigenvalue weighted by molar-refractivity contribution is 0.248. The molecule has 0 saturated carbocycles. The average molecular weight is 307 g/mol. The lowest BCUT2D eigenvalue weighted by Crippen LogP contribution is -2.34. The van der Waals surface area contributed by atoms with E-state index in [4.69, 9.17) is 0 Å². The summed E-state index contributed by atoms with van der Waals surface area (Å²) in [5.41, 5.74) is 0.114. The predicted octanol–water partition coefficient (Wildman–Crippen LogP) is 4.63. The van der Waals surface area contributed by atoms with Gasteiger partial charge in [-0.3, -0.25) is 0 Å². The van der Waals surface area contributed by atoms with Crippen molar-refractivity contribution in [1.29, 1.82) is 0 Å². The van der Waals surface area contributed by atoms with Crippen molar-refractivity contribution in [3.63, 3.8) is 0 Å². The molecule has 2 unspecified atom stereocenters. The van der Waals surface area contributed by atoms with Crippen molar-refractivity contribution < 1.29 is 17.6 Å². The molecule has 0 fully saturated rings. The minimum Gasteiger partial charge on any atom is -0.237 e. The van der Waals surface area contributed by atoms with Crippen LogP contribution in [0, 0.1) is 0 Å². The van der Waals surface area contributed by atoms with Crippen LogP contribution in [0.5, 0.6) is 0 Å². The number of alkyl halides is 2. The van der Waals surface area contributed by atoms with E-state index in [0.29, 0.717) is 0 Å². The second-order valence-electron chi connectivity index (χ2n) is 3.63. The van der Waals surface area contributed by atoms with Gasteiger partial charge in [0.25, 0.3) is 0 Å². The molecule has 0 aliphatic heterocycles. The highest BCUT2D eigenvalue weighted by molar-refractivity contribution is 9.09. The van der Waals surface area contributed by atoms with Crippen molar-refractivity contribution >= 4 is 15.9 Å². The van der Waals surface area contributed by atoms with Gasteiger partial charge in [0.05, 0.1) is 0 Å². The summed E-state index contributed by atoms with van der Waals surface area (Å²) in [5.74, 6) is -4.11. The first-order chi connectivity index (χ1) is 7.98. The van der Waals surface area contributed by atoms with Crippen LogP contribution in [-0.4, -0.2) is 6.17 Å². The Kier molecular flexibility index (Phi) is 3.12. The van der Waals surface area contributed by atoms with Gasteiger partial charge >= 0.3 is 0 Å². The molecule has 17 heavy (non-hydrogen) atoms. The maximum Gasteiger partial charge on any atom is 0.177 e. The maximum atomic E-state index is 13.8. The molecule has 0 bridgehead atoms. The van der Waals surface area contributed by atoms with E-state index in [9.17, 15) is 17.6 Å². The van der Waals surface area contributed by atoms with Gasteiger partial charge in [0.2, 0.25) is 0 Å². The summed E-state index contributed by atoms with van der Waals surface area (Å²) in [6.45, 7) is 0. The zero-order chi connectivity index (χ0) is 12.6. The van der Waals surface area contributed by atoms with Gasteiger partial charge in [-0.15, -0.1) is 0 Å². The first kappa shape index (κ1) is 12.4. The van der Waals surface area contributed by atoms with Crippen LogP contribution in [0.4, 0.5) is 17.6 Å². The average Bonchev–Trinajstić information content (AvgIpc) is 2.35. The van der Waals surface area contributed by atoms with Crippen LogP contribution in [0.25, 0.3) is 0 Å². The van der Waals surface area contributed by atoms with Crippen LogP contribution in [0.1, 0.15) is 5.56 Å². The van der Waals surface area contributed by atoms with Gasteiger partial charge in [-0.1, -0.05) is 46.3 Å². The van der Waals surface area contributed by atoms with Gasteiger partial charge < -0.3 is 0 Å². The molecule has 0 saturated heterocycles. The Morgan fingerprint density at radius 3 is 2.24 bits per heavy atom. The second kappa shape index (κ2) is 4.29. The van der Waals surface area contributed by atoms with Crippen molar-refractivity contribution in [1.82, 2.24) is 0 Å². The molecular formula is C12H7BrF4. The van der Waals surface area contributed by atoms with Crippen LogP contribution in [0.3, 0.4) is 0 Å². The zero-order valence-corrected chi connectivity index (χ0v) is 10.0. The van der Waals surface area contributed by atoms with Crippen molar-refractivity contribution in [3.8, 4) is 0 Å². The maximum absolute atomic E-state index is 13.8. The highest BCUT2D eigenvalue weighted by Gasteiger charge is 2.49. The predicted molar refractivity (Wildman–Crippen MR) is 60.4 cm³/mol. The quantitative estimate of drug-likeness (QED) is 0.524. The van der Waals surface area contributed by atoms with Crippen molar-refractivity contribution in [2.24, 2.45) is 0 Å². The number of rotatable bonds is 1. The van der Waals surface area contributed by atoms with Gasteiger partial charge in [-0.2, -0.15) is 0 Å². The molecule has 2 atom stereocenters. The molecule has 0 radical (unpaired) electrons. The third-order valence-corrected chi connectivity index (χ3v) is 3.79. The molecule has 2 rings (SSSR count). The molecule has 0 heterocycles. The summed E-state index contributed by atoms with van der Waals surface area (Å²) in [6.07, 6.45) is -2.08. The first-order valence-corrected chi connectivity index (χ1v) is 5.58. The molecule has 90 valence electrons. The fourth-order valence-electron chi connectivity index (χ4n) is 1.69. The number of benzene rings is 1. The molecule has 0 aromatic heterocycles. The van der Waals surface area contributed by atoms with Crippen LogP contribution >= 0.6 is 15.9 Å². The molecule has 1 aliphatic rings. The second-order valence-corrected chi connectivity index (χ2v) is 4.88. The van der Waals surface area contributed by atoms with E-state index in [2.05, 4.69) is 15.9 Å². The van der Waals surface area contributed by atoms with Gasteiger partial charge in [-0.25, -0.2) is 17.6 Å². The van der Waals surface area contributed by atoms with E-state index < -0.39 is 28.0 Å². The SMILES string of the molecule is FC1=CC(F)=C(F)C(Br)(c2ccccc2)C1F. The molecule has 1 aromatic carbocycles. The van der Waals surface area contributed by atoms with Crippen LogP contribution in [0.15, 0.2) is 53.9 Å². The molecule has 1 aliphatic carbocycles. The van der Waals surface area contributed by atoms with Gasteiger partial charge in [0.1, 0.15) is 10.2 Å². The van der Waals surface area contributed by atoms with E-state index in [1.807, 2.05) is 0 Å². The summed E-state index contributed by atoms with van der Waals surface area (Å²) >= 11 is 2.79. The molecule has 5 heteroatoms. The van der Waals surface area contributed by atoms with Crippen LogP contribution in [-0.2, 0) is 4.32 Å². The monoisotopic (exact) mass is 306 g/mol. The fraction of sp³-hybridized carbons (Fsp3) is 0.167. The summed E-state index contributed by atoms with van der Waals surface area (Å²) in [5, 5.41) is 0.